The molecule has 19 heavy (non-hydrogen) atoms. The van der Waals surface area contributed by atoms with Crippen LogP contribution in [0, 0.1) is 11.8 Å². The van der Waals surface area contributed by atoms with Gasteiger partial charge in [-0.05, 0) is 30.7 Å². The third kappa shape index (κ3) is 2.97. The van der Waals surface area contributed by atoms with Crippen molar-refractivity contribution in [3.8, 4) is 0 Å². The summed E-state index contributed by atoms with van der Waals surface area (Å²) in [6.45, 7) is 6.57. The van der Waals surface area contributed by atoms with Gasteiger partial charge in [0.05, 0.1) is 11.9 Å². The molecule has 1 aliphatic heterocycles. The normalized spacial score (nSPS) is 18.1. The van der Waals surface area contributed by atoms with E-state index in [2.05, 4.69) is 28.9 Å². The van der Waals surface area contributed by atoms with Gasteiger partial charge >= 0.3 is 0 Å². The van der Waals surface area contributed by atoms with Gasteiger partial charge in [-0.2, -0.15) is 0 Å². The lowest BCUT2D eigenvalue weighted by Gasteiger charge is -2.35. The predicted molar refractivity (Wildman–Crippen MR) is 76.5 cm³/mol. The van der Waals surface area contributed by atoms with Crippen LogP contribution in [0.3, 0.4) is 0 Å². The van der Waals surface area contributed by atoms with Gasteiger partial charge in [0.25, 0.3) is 0 Å². The van der Waals surface area contributed by atoms with Gasteiger partial charge in [0.2, 0.25) is 0 Å². The highest BCUT2D eigenvalue weighted by Gasteiger charge is 2.23. The summed E-state index contributed by atoms with van der Waals surface area (Å²) in [5, 5.41) is 11.9. The van der Waals surface area contributed by atoms with Crippen LogP contribution in [0.4, 0.5) is 5.69 Å². The van der Waals surface area contributed by atoms with Crippen molar-refractivity contribution in [3.05, 3.63) is 24.0 Å². The average molecular weight is 262 g/mol. The molecule has 0 aromatic carbocycles. The molecule has 1 aliphatic rings. The number of rotatable bonds is 3. The molecule has 5 nitrogen and oxygen atoms in total. The molecule has 0 saturated carbocycles. The molecule has 0 aliphatic carbocycles. The van der Waals surface area contributed by atoms with E-state index in [1.54, 1.807) is 18.5 Å². The van der Waals surface area contributed by atoms with Crippen molar-refractivity contribution in [2.45, 2.75) is 26.7 Å². The number of hydrogen-bond donors (Lipinski definition) is 2. The van der Waals surface area contributed by atoms with Gasteiger partial charge in [-0.25, -0.2) is 0 Å². The van der Waals surface area contributed by atoms with E-state index in [1.807, 2.05) is 0 Å². The average Bonchev–Trinajstić information content (AvgIpc) is 2.46. The molecule has 0 atom stereocenters. The number of nitrogens with two attached hydrogens (primary N) is 1. The molecule has 1 saturated heterocycles. The van der Waals surface area contributed by atoms with Crippen molar-refractivity contribution in [1.82, 2.24) is 4.98 Å². The van der Waals surface area contributed by atoms with Crippen molar-refractivity contribution < 1.29 is 5.21 Å². The minimum Gasteiger partial charge on any atom is -0.409 e. The van der Waals surface area contributed by atoms with Gasteiger partial charge < -0.3 is 15.8 Å². The molecule has 0 amide bonds. The topological polar surface area (TPSA) is 74.7 Å². The van der Waals surface area contributed by atoms with Gasteiger partial charge in [0.15, 0.2) is 5.84 Å². The first-order valence-corrected chi connectivity index (χ1v) is 6.80. The molecule has 0 spiro atoms. The summed E-state index contributed by atoms with van der Waals surface area (Å²) >= 11 is 0. The number of hydrogen-bond acceptors (Lipinski definition) is 4. The van der Waals surface area contributed by atoms with E-state index in [0.717, 1.165) is 36.2 Å². The standard InChI is InChI=1S/C14H22N4O/c1-10(2)11-4-7-18(8-5-11)13-9-16-6-3-12(13)14(15)17-19/h3,6,9-11,19H,4-5,7-8H2,1-2H3,(H2,15,17). The minimum atomic E-state index is 0.142. The second kappa shape index (κ2) is 5.91. The molecular weight excluding hydrogens is 240 g/mol. The zero-order valence-corrected chi connectivity index (χ0v) is 11.6. The van der Waals surface area contributed by atoms with E-state index in [9.17, 15) is 0 Å². The molecule has 3 N–H and O–H groups in total. The van der Waals surface area contributed by atoms with E-state index in [-0.39, 0.29) is 5.84 Å². The van der Waals surface area contributed by atoms with Crippen LogP contribution in [0.1, 0.15) is 32.3 Å². The van der Waals surface area contributed by atoms with E-state index < -0.39 is 0 Å². The van der Waals surface area contributed by atoms with Crippen molar-refractivity contribution in [1.29, 1.82) is 0 Å². The second-order valence-electron chi connectivity index (χ2n) is 5.45. The summed E-state index contributed by atoms with van der Waals surface area (Å²) < 4.78 is 0. The number of aromatic nitrogens is 1. The molecule has 2 heterocycles. The van der Waals surface area contributed by atoms with Crippen molar-refractivity contribution in [3.63, 3.8) is 0 Å². The Hall–Kier alpha value is -1.78. The Morgan fingerprint density at radius 2 is 2.16 bits per heavy atom. The molecule has 1 fully saturated rings. The maximum absolute atomic E-state index is 8.85. The highest BCUT2D eigenvalue weighted by atomic mass is 16.4. The zero-order valence-electron chi connectivity index (χ0n) is 11.6. The van der Waals surface area contributed by atoms with Crippen molar-refractivity contribution in [2.75, 3.05) is 18.0 Å². The number of piperidine rings is 1. The quantitative estimate of drug-likeness (QED) is 0.378. The first-order valence-electron chi connectivity index (χ1n) is 6.80. The summed E-state index contributed by atoms with van der Waals surface area (Å²) in [6.07, 6.45) is 5.82. The van der Waals surface area contributed by atoms with Gasteiger partial charge in [-0.3, -0.25) is 4.98 Å². The fourth-order valence-electron chi connectivity index (χ4n) is 2.72. The third-order valence-electron chi connectivity index (χ3n) is 4.01. The van der Waals surface area contributed by atoms with Gasteiger partial charge in [0, 0.05) is 24.8 Å². The lowest BCUT2D eigenvalue weighted by atomic mass is 9.86. The lowest BCUT2D eigenvalue weighted by molar-refractivity contribution is 0.311. The largest absolute Gasteiger partial charge is 0.409 e. The van der Waals surface area contributed by atoms with Crippen LogP contribution in [0.2, 0.25) is 0 Å². The Bertz CT molecular complexity index is 451. The molecule has 0 radical (unpaired) electrons. The summed E-state index contributed by atoms with van der Waals surface area (Å²) in [6, 6.07) is 1.79. The van der Waals surface area contributed by atoms with Crippen LogP contribution >= 0.6 is 0 Å². The number of oxime groups is 1. The van der Waals surface area contributed by atoms with Gasteiger partial charge in [-0.15, -0.1) is 0 Å². The van der Waals surface area contributed by atoms with E-state index >= 15 is 0 Å². The highest BCUT2D eigenvalue weighted by molar-refractivity contribution is 6.02. The molecule has 1 aromatic rings. The molecular formula is C14H22N4O. The first kappa shape index (κ1) is 13.6. The fraction of sp³-hybridized carbons (Fsp3) is 0.571. The Balaban J connectivity index is 2.16. The number of pyridine rings is 1. The second-order valence-corrected chi connectivity index (χ2v) is 5.45. The van der Waals surface area contributed by atoms with Crippen LogP contribution in [-0.4, -0.2) is 29.1 Å². The fourth-order valence-corrected chi connectivity index (χ4v) is 2.72. The van der Waals surface area contributed by atoms with Crippen molar-refractivity contribution in [2.24, 2.45) is 22.7 Å². The van der Waals surface area contributed by atoms with Crippen LogP contribution in [-0.2, 0) is 0 Å². The number of amidine groups is 1. The van der Waals surface area contributed by atoms with Crippen LogP contribution in [0.25, 0.3) is 0 Å². The predicted octanol–water partition coefficient (Wildman–Crippen LogP) is 2.05. The number of nitrogens with zero attached hydrogens (tertiary/aromatic N) is 3. The van der Waals surface area contributed by atoms with Gasteiger partial charge in [0.1, 0.15) is 0 Å². The van der Waals surface area contributed by atoms with E-state index in [4.69, 9.17) is 10.9 Å². The first-order chi connectivity index (χ1) is 9.13. The van der Waals surface area contributed by atoms with E-state index in [1.165, 1.54) is 12.8 Å². The maximum atomic E-state index is 8.85. The molecule has 0 bridgehead atoms. The zero-order chi connectivity index (χ0) is 13.8. The molecule has 104 valence electrons. The molecule has 1 aromatic heterocycles. The lowest BCUT2D eigenvalue weighted by Crippen LogP contribution is -2.36. The van der Waals surface area contributed by atoms with E-state index in [0.29, 0.717) is 0 Å². The van der Waals surface area contributed by atoms with Crippen molar-refractivity contribution >= 4 is 11.5 Å². The minimum absolute atomic E-state index is 0.142. The number of anilines is 1. The summed E-state index contributed by atoms with van der Waals surface area (Å²) in [4.78, 5) is 6.43. The summed E-state index contributed by atoms with van der Waals surface area (Å²) in [7, 11) is 0. The summed E-state index contributed by atoms with van der Waals surface area (Å²) in [5.41, 5.74) is 7.43. The Morgan fingerprint density at radius 3 is 2.74 bits per heavy atom. The van der Waals surface area contributed by atoms with Gasteiger partial charge in [-0.1, -0.05) is 19.0 Å². The Morgan fingerprint density at radius 1 is 1.47 bits per heavy atom. The molecule has 5 heteroatoms. The smallest absolute Gasteiger partial charge is 0.172 e. The van der Waals surface area contributed by atoms with Crippen LogP contribution in [0.5, 0.6) is 0 Å². The Labute approximate surface area is 114 Å². The Kier molecular flexibility index (Phi) is 4.24. The third-order valence-corrected chi connectivity index (χ3v) is 4.01. The monoisotopic (exact) mass is 262 g/mol. The molecule has 2 rings (SSSR count). The summed E-state index contributed by atoms with van der Waals surface area (Å²) in [5.74, 6) is 1.67. The SMILES string of the molecule is CC(C)C1CCN(c2cnccc2/C(N)=N/O)CC1. The molecule has 0 unspecified atom stereocenters. The van der Waals surface area contributed by atoms with Crippen LogP contribution in [0.15, 0.2) is 23.6 Å². The highest BCUT2D eigenvalue weighted by Crippen LogP contribution is 2.29. The van der Waals surface area contributed by atoms with Crippen LogP contribution < -0.4 is 10.6 Å². The maximum Gasteiger partial charge on any atom is 0.172 e.